The molecule has 1 saturated carbocycles. The van der Waals surface area contributed by atoms with Crippen LogP contribution in [0.2, 0.25) is 0 Å². The molecule has 34 heavy (non-hydrogen) atoms. The van der Waals surface area contributed by atoms with E-state index >= 15 is 0 Å². The third-order valence-electron chi connectivity index (χ3n) is 6.45. The van der Waals surface area contributed by atoms with Gasteiger partial charge in [0.05, 0.1) is 0 Å². The summed E-state index contributed by atoms with van der Waals surface area (Å²) in [6.07, 6.45) is 1.71. The van der Waals surface area contributed by atoms with Gasteiger partial charge in [0.25, 0.3) is 17.7 Å². The second-order valence-corrected chi connectivity index (χ2v) is 9.02. The molecule has 1 saturated heterocycles. The third-order valence-corrected chi connectivity index (χ3v) is 6.45. The standard InChI is InChI=1S/C25H28F2N4O3/c1-15-2-4-16(5-3-15)24(33)30-10-11-31(25(34)17-12-18(26)14-19(27)13-17)23(30)22(32)29-21-8-6-20(28)7-9-21/h2-5,12-14,20-21,23H,6-11,28H2,1H3,(H,29,32). The Kier molecular flexibility index (Phi) is 6.92. The molecule has 1 aliphatic heterocycles. The number of hydrogen-bond donors (Lipinski definition) is 2. The highest BCUT2D eigenvalue weighted by Crippen LogP contribution is 2.24. The largest absolute Gasteiger partial charge is 0.350 e. The maximum Gasteiger partial charge on any atom is 0.264 e. The Morgan fingerprint density at radius 3 is 1.94 bits per heavy atom. The van der Waals surface area contributed by atoms with Crippen molar-refractivity contribution in [3.8, 4) is 0 Å². The van der Waals surface area contributed by atoms with Crippen molar-refractivity contribution in [2.24, 2.45) is 5.73 Å². The molecule has 4 rings (SSSR count). The number of hydrogen-bond acceptors (Lipinski definition) is 4. The average molecular weight is 471 g/mol. The van der Waals surface area contributed by atoms with Crippen LogP contribution in [0, 0.1) is 18.6 Å². The third kappa shape index (κ3) is 5.09. The molecule has 1 heterocycles. The predicted molar refractivity (Wildman–Crippen MR) is 122 cm³/mol. The van der Waals surface area contributed by atoms with Gasteiger partial charge in [0.15, 0.2) is 6.17 Å². The SMILES string of the molecule is Cc1ccc(C(=O)N2CCN(C(=O)c3cc(F)cc(F)c3)C2C(=O)NC2CCC(N)CC2)cc1. The summed E-state index contributed by atoms with van der Waals surface area (Å²) < 4.78 is 27.5. The van der Waals surface area contributed by atoms with Crippen molar-refractivity contribution in [3.63, 3.8) is 0 Å². The predicted octanol–water partition coefficient (Wildman–Crippen LogP) is 2.58. The van der Waals surface area contributed by atoms with Gasteiger partial charge in [-0.2, -0.15) is 0 Å². The van der Waals surface area contributed by atoms with Gasteiger partial charge in [-0.3, -0.25) is 14.4 Å². The summed E-state index contributed by atoms with van der Waals surface area (Å²) in [4.78, 5) is 42.4. The van der Waals surface area contributed by atoms with E-state index in [2.05, 4.69) is 5.32 Å². The first-order valence-electron chi connectivity index (χ1n) is 11.4. The second kappa shape index (κ2) is 9.89. The Hall–Kier alpha value is -3.33. The topological polar surface area (TPSA) is 95.7 Å². The molecule has 0 radical (unpaired) electrons. The monoisotopic (exact) mass is 470 g/mol. The van der Waals surface area contributed by atoms with E-state index in [0.717, 1.165) is 30.5 Å². The fraction of sp³-hybridized carbons (Fsp3) is 0.400. The number of halogens is 2. The van der Waals surface area contributed by atoms with Crippen LogP contribution in [0.3, 0.4) is 0 Å². The Morgan fingerprint density at radius 1 is 0.853 bits per heavy atom. The van der Waals surface area contributed by atoms with Crippen molar-refractivity contribution in [1.82, 2.24) is 15.1 Å². The lowest BCUT2D eigenvalue weighted by Crippen LogP contribution is -2.56. The maximum atomic E-state index is 13.8. The minimum Gasteiger partial charge on any atom is -0.350 e. The molecule has 2 aromatic rings. The van der Waals surface area contributed by atoms with Crippen molar-refractivity contribution in [2.75, 3.05) is 13.1 Å². The van der Waals surface area contributed by atoms with Crippen molar-refractivity contribution in [1.29, 1.82) is 0 Å². The van der Waals surface area contributed by atoms with Crippen LogP contribution in [0.15, 0.2) is 42.5 Å². The van der Waals surface area contributed by atoms with Crippen LogP contribution in [-0.4, -0.2) is 58.9 Å². The summed E-state index contributed by atoms with van der Waals surface area (Å²) in [6, 6.07) is 9.42. The first-order valence-corrected chi connectivity index (χ1v) is 11.4. The fourth-order valence-corrected chi connectivity index (χ4v) is 4.58. The van der Waals surface area contributed by atoms with E-state index in [-0.39, 0.29) is 30.7 Å². The fourth-order valence-electron chi connectivity index (χ4n) is 4.58. The van der Waals surface area contributed by atoms with E-state index in [0.29, 0.717) is 24.5 Å². The van der Waals surface area contributed by atoms with Gasteiger partial charge in [0, 0.05) is 42.4 Å². The number of benzene rings is 2. The minimum atomic E-state index is -1.23. The van der Waals surface area contributed by atoms with Gasteiger partial charge in [-0.25, -0.2) is 8.78 Å². The van der Waals surface area contributed by atoms with Gasteiger partial charge >= 0.3 is 0 Å². The normalized spacial score (nSPS) is 22.5. The lowest BCUT2D eigenvalue weighted by molar-refractivity contribution is -0.129. The average Bonchev–Trinajstić information content (AvgIpc) is 3.25. The molecule has 0 bridgehead atoms. The summed E-state index contributed by atoms with van der Waals surface area (Å²) in [7, 11) is 0. The van der Waals surface area contributed by atoms with Crippen LogP contribution < -0.4 is 11.1 Å². The van der Waals surface area contributed by atoms with Gasteiger partial charge in [-0.15, -0.1) is 0 Å². The first-order chi connectivity index (χ1) is 16.2. The van der Waals surface area contributed by atoms with E-state index in [1.165, 1.54) is 9.80 Å². The minimum absolute atomic E-state index is 0.0577. The Morgan fingerprint density at radius 2 is 1.38 bits per heavy atom. The Labute approximate surface area is 196 Å². The molecule has 1 aliphatic carbocycles. The van der Waals surface area contributed by atoms with E-state index in [4.69, 9.17) is 5.73 Å². The molecule has 3 N–H and O–H groups in total. The van der Waals surface area contributed by atoms with Crippen molar-refractivity contribution < 1.29 is 23.2 Å². The lowest BCUT2D eigenvalue weighted by Gasteiger charge is -2.32. The lowest BCUT2D eigenvalue weighted by atomic mass is 9.92. The van der Waals surface area contributed by atoms with Crippen molar-refractivity contribution >= 4 is 17.7 Å². The zero-order chi connectivity index (χ0) is 24.4. The molecular formula is C25H28F2N4O3. The smallest absolute Gasteiger partial charge is 0.264 e. The summed E-state index contributed by atoms with van der Waals surface area (Å²) in [5.74, 6) is -3.40. The second-order valence-electron chi connectivity index (χ2n) is 9.02. The highest BCUT2D eigenvalue weighted by atomic mass is 19.1. The Balaban J connectivity index is 1.62. The quantitative estimate of drug-likeness (QED) is 0.718. The van der Waals surface area contributed by atoms with Gasteiger partial charge < -0.3 is 20.9 Å². The number of rotatable bonds is 4. The van der Waals surface area contributed by atoms with Crippen LogP contribution in [0.5, 0.6) is 0 Å². The number of aryl methyl sites for hydroxylation is 1. The first kappa shape index (κ1) is 23.8. The molecule has 3 amide bonds. The van der Waals surface area contributed by atoms with Gasteiger partial charge in [0.1, 0.15) is 11.6 Å². The Bertz CT molecular complexity index is 1060. The summed E-state index contributed by atoms with van der Waals surface area (Å²) in [5, 5.41) is 2.96. The number of amides is 3. The van der Waals surface area contributed by atoms with Crippen molar-refractivity contribution in [3.05, 3.63) is 70.8 Å². The van der Waals surface area contributed by atoms with Crippen LogP contribution in [-0.2, 0) is 4.79 Å². The van der Waals surface area contributed by atoms with Crippen LogP contribution in [0.4, 0.5) is 8.78 Å². The molecule has 7 nitrogen and oxygen atoms in total. The molecule has 180 valence electrons. The summed E-state index contributed by atoms with van der Waals surface area (Å²) >= 11 is 0. The molecule has 2 fully saturated rings. The van der Waals surface area contributed by atoms with E-state index in [1.807, 2.05) is 6.92 Å². The van der Waals surface area contributed by atoms with Crippen LogP contribution in [0.25, 0.3) is 0 Å². The van der Waals surface area contributed by atoms with E-state index in [9.17, 15) is 23.2 Å². The zero-order valence-corrected chi connectivity index (χ0v) is 19.0. The van der Waals surface area contributed by atoms with Crippen molar-refractivity contribution in [2.45, 2.75) is 50.9 Å². The molecular weight excluding hydrogens is 442 g/mol. The molecule has 0 aromatic heterocycles. The van der Waals surface area contributed by atoms with E-state index in [1.54, 1.807) is 24.3 Å². The highest BCUT2D eigenvalue weighted by molar-refractivity contribution is 6.02. The number of nitrogens with zero attached hydrogens (tertiary/aromatic N) is 2. The molecule has 1 unspecified atom stereocenters. The maximum absolute atomic E-state index is 13.8. The van der Waals surface area contributed by atoms with Crippen LogP contribution in [0.1, 0.15) is 52.0 Å². The van der Waals surface area contributed by atoms with Gasteiger partial charge in [-0.1, -0.05) is 17.7 Å². The molecule has 2 aromatic carbocycles. The van der Waals surface area contributed by atoms with Crippen LogP contribution >= 0.6 is 0 Å². The highest BCUT2D eigenvalue weighted by Gasteiger charge is 2.44. The number of nitrogens with one attached hydrogen (secondary N) is 1. The molecule has 2 aliphatic rings. The van der Waals surface area contributed by atoms with Gasteiger partial charge in [0.2, 0.25) is 0 Å². The molecule has 9 heteroatoms. The summed E-state index contributed by atoms with van der Waals surface area (Å²) in [5.41, 5.74) is 7.11. The van der Waals surface area contributed by atoms with Gasteiger partial charge in [-0.05, 0) is 56.9 Å². The number of nitrogens with two attached hydrogens (primary N) is 1. The number of carbonyl (C=O) groups excluding carboxylic acids is 3. The van der Waals surface area contributed by atoms with E-state index < -0.39 is 35.5 Å². The zero-order valence-electron chi connectivity index (χ0n) is 19.0. The molecule has 0 spiro atoms. The number of carbonyl (C=O) groups is 3. The summed E-state index contributed by atoms with van der Waals surface area (Å²) in [6.45, 7) is 2.07. The molecule has 1 atom stereocenters.